The molecule has 35 heavy (non-hydrogen) atoms. The van der Waals surface area contributed by atoms with Gasteiger partial charge in [0.25, 0.3) is 5.91 Å². The maximum absolute atomic E-state index is 13.8. The van der Waals surface area contributed by atoms with E-state index in [1.807, 2.05) is 41.5 Å². The van der Waals surface area contributed by atoms with Crippen molar-refractivity contribution >= 4 is 28.5 Å². The molecule has 2 aromatic carbocycles. The molecular weight excluding hydrogens is 448 g/mol. The topological polar surface area (TPSA) is 131 Å². The van der Waals surface area contributed by atoms with Crippen LogP contribution in [0.1, 0.15) is 63.0 Å². The molecule has 3 rings (SSSR count). The second kappa shape index (κ2) is 9.19. The van der Waals surface area contributed by atoms with Gasteiger partial charge in [-0.15, -0.1) is 0 Å². The van der Waals surface area contributed by atoms with E-state index in [0.29, 0.717) is 22.0 Å². The fourth-order valence-corrected chi connectivity index (χ4v) is 4.02. The Labute approximate surface area is 203 Å². The number of carboxylic acid groups (broad SMARTS) is 1. The summed E-state index contributed by atoms with van der Waals surface area (Å²) >= 11 is 0. The van der Waals surface area contributed by atoms with Crippen molar-refractivity contribution in [2.24, 2.45) is 0 Å². The summed E-state index contributed by atoms with van der Waals surface area (Å²) in [6.45, 7) is 11.0. The predicted octanol–water partition coefficient (Wildman–Crippen LogP) is 3.92. The zero-order valence-electron chi connectivity index (χ0n) is 20.8. The third-order valence-electron chi connectivity index (χ3n) is 5.93. The van der Waals surface area contributed by atoms with E-state index in [4.69, 9.17) is 0 Å². The summed E-state index contributed by atoms with van der Waals surface area (Å²) in [7, 11) is 0. The lowest BCUT2D eigenvalue weighted by molar-refractivity contribution is -0.145. The number of pyridine rings is 1. The summed E-state index contributed by atoms with van der Waals surface area (Å²) in [4.78, 5) is 42.4. The van der Waals surface area contributed by atoms with E-state index in [1.165, 1.54) is 12.3 Å². The van der Waals surface area contributed by atoms with Crippen LogP contribution in [0.15, 0.2) is 47.4 Å². The number of carbonyl (C=O) groups excluding carboxylic acids is 1. The minimum Gasteiger partial charge on any atom is -0.508 e. The highest BCUT2D eigenvalue weighted by Gasteiger charge is 2.33. The molecule has 186 valence electrons. The van der Waals surface area contributed by atoms with Crippen molar-refractivity contribution in [3.63, 3.8) is 0 Å². The van der Waals surface area contributed by atoms with Crippen LogP contribution in [0.3, 0.4) is 0 Å². The smallest absolute Gasteiger partial charge is 0.334 e. The number of phenols is 1. The first-order valence-corrected chi connectivity index (χ1v) is 11.3. The van der Waals surface area contributed by atoms with Gasteiger partial charge in [-0.3, -0.25) is 9.59 Å². The molecule has 0 aliphatic heterocycles. The van der Waals surface area contributed by atoms with E-state index in [0.717, 1.165) is 4.90 Å². The Hall–Kier alpha value is -3.65. The van der Waals surface area contributed by atoms with Gasteiger partial charge < -0.3 is 25.2 Å². The maximum Gasteiger partial charge on any atom is 0.334 e. The van der Waals surface area contributed by atoms with Crippen LogP contribution >= 0.6 is 0 Å². The Morgan fingerprint density at radius 3 is 2.17 bits per heavy atom. The summed E-state index contributed by atoms with van der Waals surface area (Å²) in [5, 5.41) is 30.7. The van der Waals surface area contributed by atoms with Crippen LogP contribution in [-0.4, -0.2) is 44.8 Å². The highest BCUT2D eigenvalue weighted by Crippen LogP contribution is 2.41. The van der Waals surface area contributed by atoms with Gasteiger partial charge in [0.1, 0.15) is 11.3 Å². The number of aliphatic hydroxyl groups excluding tert-OH is 1. The van der Waals surface area contributed by atoms with Gasteiger partial charge in [0.15, 0.2) is 6.10 Å². The number of benzene rings is 2. The quantitative estimate of drug-likeness (QED) is 0.438. The first-order valence-electron chi connectivity index (χ1n) is 11.3. The van der Waals surface area contributed by atoms with Crippen molar-refractivity contribution in [2.75, 3.05) is 11.4 Å². The van der Waals surface area contributed by atoms with E-state index >= 15 is 0 Å². The highest BCUT2D eigenvalue weighted by molar-refractivity contribution is 6.08. The van der Waals surface area contributed by atoms with Gasteiger partial charge in [0.2, 0.25) is 5.43 Å². The monoisotopic (exact) mass is 480 g/mol. The van der Waals surface area contributed by atoms with Crippen molar-refractivity contribution in [2.45, 2.75) is 58.5 Å². The molecule has 0 saturated carbocycles. The number of para-hydroxylation sites is 1. The molecule has 1 aromatic heterocycles. The standard InChI is InChI=1S/C27H32N2O6/c1-26(2,3)17-11-18(27(4,5)6)21(30)12-20(17)29(14-22(31)25(34)35)24(33)16-13-28-19-10-8-7-9-15(19)23(16)32/h7-13,22,30-31H,14H2,1-6H3,(H,28,32)(H,34,35). The van der Waals surface area contributed by atoms with Gasteiger partial charge >= 0.3 is 5.97 Å². The van der Waals surface area contributed by atoms with Crippen molar-refractivity contribution in [3.8, 4) is 5.75 Å². The lowest BCUT2D eigenvalue weighted by atomic mass is 9.79. The van der Waals surface area contributed by atoms with Gasteiger partial charge in [-0.1, -0.05) is 53.7 Å². The van der Waals surface area contributed by atoms with E-state index in [2.05, 4.69) is 4.98 Å². The number of aliphatic carboxylic acids is 1. The third kappa shape index (κ3) is 5.22. The number of aromatic amines is 1. The zero-order chi connectivity index (χ0) is 26.3. The average molecular weight is 481 g/mol. The molecule has 4 N–H and O–H groups in total. The van der Waals surface area contributed by atoms with Gasteiger partial charge in [0.05, 0.1) is 12.2 Å². The van der Waals surface area contributed by atoms with Crippen LogP contribution in [0, 0.1) is 0 Å². The Morgan fingerprint density at radius 1 is 1.00 bits per heavy atom. The summed E-state index contributed by atoms with van der Waals surface area (Å²) < 4.78 is 0. The number of anilines is 1. The van der Waals surface area contributed by atoms with Gasteiger partial charge in [0, 0.05) is 23.2 Å². The molecule has 1 amide bonds. The second-order valence-electron chi connectivity index (χ2n) is 10.7. The Balaban J connectivity index is 2.29. The lowest BCUT2D eigenvalue weighted by Crippen LogP contribution is -2.43. The van der Waals surface area contributed by atoms with E-state index in [9.17, 15) is 29.7 Å². The first kappa shape index (κ1) is 26.0. The molecule has 0 fully saturated rings. The second-order valence-corrected chi connectivity index (χ2v) is 10.7. The van der Waals surface area contributed by atoms with Crippen LogP contribution in [0.2, 0.25) is 0 Å². The normalized spacial score (nSPS) is 13.0. The summed E-state index contributed by atoms with van der Waals surface area (Å²) in [6.07, 6.45) is -0.622. The summed E-state index contributed by atoms with van der Waals surface area (Å²) in [5.41, 5.74) is 0.422. The van der Waals surface area contributed by atoms with Gasteiger partial charge in [-0.25, -0.2) is 4.79 Å². The number of aromatic nitrogens is 1. The van der Waals surface area contributed by atoms with Crippen LogP contribution in [0.5, 0.6) is 5.75 Å². The average Bonchev–Trinajstić information content (AvgIpc) is 2.75. The van der Waals surface area contributed by atoms with Gasteiger partial charge in [-0.2, -0.15) is 0 Å². The number of H-pyrrole nitrogens is 1. The molecule has 1 atom stereocenters. The first-order chi connectivity index (χ1) is 16.1. The maximum atomic E-state index is 13.8. The number of aromatic hydroxyl groups is 1. The van der Waals surface area contributed by atoms with E-state index < -0.39 is 40.8 Å². The largest absolute Gasteiger partial charge is 0.508 e. The minimum atomic E-state index is -1.91. The third-order valence-corrected chi connectivity index (χ3v) is 5.93. The molecule has 0 saturated heterocycles. The van der Waals surface area contributed by atoms with Crippen LogP contribution < -0.4 is 10.3 Å². The van der Waals surface area contributed by atoms with E-state index in [1.54, 1.807) is 30.3 Å². The molecule has 0 aliphatic carbocycles. The molecule has 0 radical (unpaired) electrons. The van der Waals surface area contributed by atoms with Crippen molar-refractivity contribution in [1.29, 1.82) is 0 Å². The fourth-order valence-electron chi connectivity index (χ4n) is 4.02. The summed E-state index contributed by atoms with van der Waals surface area (Å²) in [6, 6.07) is 9.93. The summed E-state index contributed by atoms with van der Waals surface area (Å²) in [5.74, 6) is -2.37. The SMILES string of the molecule is CC(C)(C)c1cc(C(C)(C)C)c(N(CC(O)C(=O)O)C(=O)c2c[nH]c3ccccc3c2=O)cc1O. The zero-order valence-corrected chi connectivity index (χ0v) is 20.8. The Morgan fingerprint density at radius 2 is 1.60 bits per heavy atom. The predicted molar refractivity (Wildman–Crippen MR) is 135 cm³/mol. The molecule has 1 unspecified atom stereocenters. The van der Waals surface area contributed by atoms with Crippen molar-refractivity contribution in [3.05, 3.63) is 69.5 Å². The Kier molecular flexibility index (Phi) is 6.81. The molecule has 0 spiro atoms. The molecule has 3 aromatic rings. The number of hydrogen-bond acceptors (Lipinski definition) is 5. The highest BCUT2D eigenvalue weighted by atomic mass is 16.4. The fraction of sp³-hybridized carbons (Fsp3) is 0.370. The van der Waals surface area contributed by atoms with E-state index in [-0.39, 0.29) is 17.0 Å². The van der Waals surface area contributed by atoms with Crippen molar-refractivity contribution < 1.29 is 24.9 Å². The number of carboxylic acids is 1. The molecular formula is C27H32N2O6. The Bertz CT molecular complexity index is 1340. The number of phenolic OH excluding ortho intramolecular Hbond substituents is 1. The molecule has 8 heteroatoms. The van der Waals surface area contributed by atoms with Gasteiger partial charge in [-0.05, 0) is 40.2 Å². The number of nitrogens with zero attached hydrogens (tertiary/aromatic N) is 1. The lowest BCUT2D eigenvalue weighted by Gasteiger charge is -2.33. The van der Waals surface area contributed by atoms with Crippen LogP contribution in [-0.2, 0) is 15.6 Å². The number of hydrogen-bond donors (Lipinski definition) is 4. The minimum absolute atomic E-state index is 0.0736. The molecule has 0 aliphatic rings. The number of carbonyl (C=O) groups is 2. The number of amides is 1. The molecule has 0 bridgehead atoms. The molecule has 1 heterocycles. The van der Waals surface area contributed by atoms with Crippen LogP contribution in [0.4, 0.5) is 5.69 Å². The number of nitrogens with one attached hydrogen (secondary N) is 1. The number of aliphatic hydroxyl groups is 1. The van der Waals surface area contributed by atoms with Crippen molar-refractivity contribution in [1.82, 2.24) is 4.98 Å². The van der Waals surface area contributed by atoms with Crippen LogP contribution in [0.25, 0.3) is 10.9 Å². The molecule has 8 nitrogen and oxygen atoms in total. The number of fused-ring (bicyclic) bond motifs is 1. The number of rotatable bonds is 5.